The molecule has 0 heterocycles. The smallest absolute Gasteiger partial charge is 0.317 e. The molecular weight excluding hydrogens is 284 g/mol. The lowest BCUT2D eigenvalue weighted by Gasteiger charge is -2.07. The molecule has 0 amide bonds. The Morgan fingerprint density at radius 2 is 1.00 bits per heavy atom. The van der Waals surface area contributed by atoms with Gasteiger partial charge in [0.2, 0.25) is 0 Å². The molecule has 0 aliphatic rings. The van der Waals surface area contributed by atoms with Crippen LogP contribution in [-0.4, -0.2) is 79.0 Å². The monoisotopic (exact) mass is 308 g/mol. The number of hydrogen-bond acceptors (Lipinski definition) is 8. The minimum atomic E-state index is -0.643. The second-order valence-electron chi connectivity index (χ2n) is 3.83. The van der Waals surface area contributed by atoms with E-state index >= 15 is 0 Å². The van der Waals surface area contributed by atoms with Gasteiger partial charge in [-0.1, -0.05) is 0 Å². The molecule has 0 unspecified atom stereocenters. The minimum Gasteiger partial charge on any atom is -0.463 e. The molecule has 8 nitrogen and oxygen atoms in total. The average Bonchev–Trinajstić information content (AvgIpc) is 2.46. The van der Waals surface area contributed by atoms with Crippen molar-refractivity contribution in [3.63, 3.8) is 0 Å². The summed E-state index contributed by atoms with van der Waals surface area (Å²) in [4.78, 5) is 22.5. The fourth-order valence-corrected chi connectivity index (χ4v) is 1.14. The van der Waals surface area contributed by atoms with Gasteiger partial charge in [0.25, 0.3) is 0 Å². The first-order valence-corrected chi connectivity index (χ1v) is 6.65. The van der Waals surface area contributed by atoms with Crippen LogP contribution in [0.15, 0.2) is 0 Å². The first-order chi connectivity index (χ1) is 10.2. The summed E-state index contributed by atoms with van der Waals surface area (Å²) < 4.78 is 29.3. The van der Waals surface area contributed by atoms with Gasteiger partial charge in [-0.05, 0) is 0 Å². The van der Waals surface area contributed by atoms with Crippen LogP contribution in [-0.2, 0) is 38.0 Å². The highest BCUT2D eigenvalue weighted by atomic mass is 16.6. The highest BCUT2D eigenvalue weighted by Crippen LogP contribution is 1.92. The Kier molecular flexibility index (Phi) is 14.3. The van der Waals surface area contributed by atoms with Crippen molar-refractivity contribution >= 4 is 11.9 Å². The standard InChI is InChI=1S/C13H24O8/c1-16-3-5-18-7-9-20-12(14)11-13(15)21-10-8-19-6-4-17-2/h3-11H2,1-2H3. The first-order valence-electron chi connectivity index (χ1n) is 6.65. The quantitative estimate of drug-likeness (QED) is 0.247. The fraction of sp³-hybridized carbons (Fsp3) is 0.846. The van der Waals surface area contributed by atoms with Crippen LogP contribution in [0.1, 0.15) is 6.42 Å². The van der Waals surface area contributed by atoms with Crippen LogP contribution in [0, 0.1) is 0 Å². The van der Waals surface area contributed by atoms with E-state index in [1.807, 2.05) is 0 Å². The third-order valence-electron chi connectivity index (χ3n) is 2.13. The predicted molar refractivity (Wildman–Crippen MR) is 71.9 cm³/mol. The van der Waals surface area contributed by atoms with Gasteiger partial charge in [0, 0.05) is 14.2 Å². The molecular formula is C13H24O8. The normalized spacial score (nSPS) is 10.4. The molecule has 0 aliphatic heterocycles. The molecule has 124 valence electrons. The van der Waals surface area contributed by atoms with Crippen LogP contribution in [0.2, 0.25) is 0 Å². The maximum absolute atomic E-state index is 11.3. The summed E-state index contributed by atoms with van der Waals surface area (Å²) in [5.74, 6) is -1.29. The summed E-state index contributed by atoms with van der Waals surface area (Å²) in [7, 11) is 3.13. The van der Waals surface area contributed by atoms with E-state index in [-0.39, 0.29) is 26.4 Å². The Hall–Kier alpha value is -1.22. The van der Waals surface area contributed by atoms with Crippen molar-refractivity contribution in [1.29, 1.82) is 0 Å². The molecule has 0 saturated heterocycles. The van der Waals surface area contributed by atoms with Gasteiger partial charge in [-0.2, -0.15) is 0 Å². The van der Waals surface area contributed by atoms with E-state index in [4.69, 9.17) is 28.4 Å². The van der Waals surface area contributed by atoms with E-state index in [1.165, 1.54) is 0 Å². The van der Waals surface area contributed by atoms with E-state index in [1.54, 1.807) is 14.2 Å². The minimum absolute atomic E-state index is 0.0932. The number of esters is 2. The van der Waals surface area contributed by atoms with Crippen molar-refractivity contribution in [3.8, 4) is 0 Å². The van der Waals surface area contributed by atoms with Crippen LogP contribution in [0.25, 0.3) is 0 Å². The first kappa shape index (κ1) is 19.8. The third kappa shape index (κ3) is 15.0. The third-order valence-corrected chi connectivity index (χ3v) is 2.13. The molecule has 0 spiro atoms. The summed E-state index contributed by atoms with van der Waals surface area (Å²) in [6.45, 7) is 2.53. The topological polar surface area (TPSA) is 89.5 Å². The van der Waals surface area contributed by atoms with Crippen LogP contribution >= 0.6 is 0 Å². The zero-order valence-electron chi connectivity index (χ0n) is 12.6. The zero-order chi connectivity index (χ0) is 15.8. The largest absolute Gasteiger partial charge is 0.463 e. The molecule has 0 bridgehead atoms. The lowest BCUT2D eigenvalue weighted by Crippen LogP contribution is -2.18. The SMILES string of the molecule is COCCOCCOC(=O)CC(=O)OCCOCCOC. The number of rotatable bonds is 14. The second-order valence-corrected chi connectivity index (χ2v) is 3.83. The Balaban J connectivity index is 3.38. The lowest BCUT2D eigenvalue weighted by molar-refractivity contribution is -0.156. The second kappa shape index (κ2) is 15.2. The maximum atomic E-state index is 11.3. The number of ether oxygens (including phenoxy) is 6. The summed E-state index contributed by atoms with van der Waals surface area (Å²) in [5, 5.41) is 0. The van der Waals surface area contributed by atoms with Gasteiger partial charge < -0.3 is 28.4 Å². The van der Waals surface area contributed by atoms with Gasteiger partial charge in [0.15, 0.2) is 0 Å². The van der Waals surface area contributed by atoms with Gasteiger partial charge in [-0.25, -0.2) is 0 Å². The summed E-state index contributed by atoms with van der Waals surface area (Å²) in [6.07, 6.45) is -0.420. The van der Waals surface area contributed by atoms with Gasteiger partial charge >= 0.3 is 11.9 Å². The molecule has 0 radical (unpaired) electrons. The van der Waals surface area contributed by atoms with E-state index in [0.29, 0.717) is 26.4 Å². The highest BCUT2D eigenvalue weighted by molar-refractivity contribution is 5.91. The van der Waals surface area contributed by atoms with Gasteiger partial charge in [0.1, 0.15) is 19.6 Å². The molecule has 0 N–H and O–H groups in total. The molecule has 0 aromatic rings. The van der Waals surface area contributed by atoms with Crippen molar-refractivity contribution < 1.29 is 38.0 Å². The van der Waals surface area contributed by atoms with E-state index in [2.05, 4.69) is 0 Å². The molecule has 21 heavy (non-hydrogen) atoms. The predicted octanol–water partition coefficient (Wildman–Crippen LogP) is -0.211. The molecule has 0 aromatic carbocycles. The van der Waals surface area contributed by atoms with Crippen LogP contribution in [0.3, 0.4) is 0 Å². The van der Waals surface area contributed by atoms with Gasteiger partial charge in [-0.3, -0.25) is 9.59 Å². The lowest BCUT2D eigenvalue weighted by atomic mass is 10.4. The maximum Gasteiger partial charge on any atom is 0.317 e. The summed E-state index contributed by atoms with van der Waals surface area (Å²) >= 11 is 0. The van der Waals surface area contributed by atoms with Crippen molar-refractivity contribution in [1.82, 2.24) is 0 Å². The number of carbonyl (C=O) groups is 2. The zero-order valence-corrected chi connectivity index (χ0v) is 12.6. The summed E-state index contributed by atoms with van der Waals surface area (Å²) in [5.41, 5.74) is 0. The molecule has 0 atom stereocenters. The summed E-state index contributed by atoms with van der Waals surface area (Å²) in [6, 6.07) is 0. The molecule has 0 aromatic heterocycles. The Morgan fingerprint density at radius 1 is 0.619 bits per heavy atom. The number of hydrogen-bond donors (Lipinski definition) is 0. The Morgan fingerprint density at radius 3 is 1.38 bits per heavy atom. The Labute approximate surface area is 124 Å². The number of methoxy groups -OCH3 is 2. The molecule has 0 aliphatic carbocycles. The van der Waals surface area contributed by atoms with Crippen LogP contribution in [0.5, 0.6) is 0 Å². The average molecular weight is 308 g/mol. The van der Waals surface area contributed by atoms with Gasteiger partial charge in [0.05, 0.1) is 39.6 Å². The van der Waals surface area contributed by atoms with Crippen molar-refractivity contribution in [2.45, 2.75) is 6.42 Å². The van der Waals surface area contributed by atoms with E-state index in [0.717, 1.165) is 0 Å². The fourth-order valence-electron chi connectivity index (χ4n) is 1.14. The molecule has 0 rings (SSSR count). The highest BCUT2D eigenvalue weighted by Gasteiger charge is 2.11. The van der Waals surface area contributed by atoms with Gasteiger partial charge in [-0.15, -0.1) is 0 Å². The Bertz CT molecular complexity index is 243. The molecule has 0 fully saturated rings. The van der Waals surface area contributed by atoms with Crippen LogP contribution in [0.4, 0.5) is 0 Å². The molecule has 0 saturated carbocycles. The van der Waals surface area contributed by atoms with Crippen molar-refractivity contribution in [2.75, 3.05) is 67.1 Å². The van der Waals surface area contributed by atoms with E-state index in [9.17, 15) is 9.59 Å². The van der Waals surface area contributed by atoms with Crippen molar-refractivity contribution in [2.24, 2.45) is 0 Å². The van der Waals surface area contributed by atoms with Crippen LogP contribution < -0.4 is 0 Å². The van der Waals surface area contributed by atoms with Crippen molar-refractivity contribution in [3.05, 3.63) is 0 Å². The van der Waals surface area contributed by atoms with E-state index < -0.39 is 18.4 Å². The molecule has 8 heteroatoms. The number of carbonyl (C=O) groups excluding carboxylic acids is 2.